The number of ether oxygens (including phenoxy) is 1. The van der Waals surface area contributed by atoms with Crippen LogP contribution in [0, 0.1) is 5.92 Å². The Morgan fingerprint density at radius 1 is 1.16 bits per heavy atom. The third-order valence-corrected chi connectivity index (χ3v) is 3.29. The van der Waals surface area contributed by atoms with Crippen molar-refractivity contribution in [2.75, 3.05) is 6.61 Å². The number of rotatable bonds is 9. The fraction of sp³-hybridized carbons (Fsp3) is 0.867. The third-order valence-electron chi connectivity index (χ3n) is 3.29. The van der Waals surface area contributed by atoms with Crippen LogP contribution in [0.4, 0.5) is 0 Å². The maximum absolute atomic E-state index is 11.9. The molecule has 0 aliphatic rings. The van der Waals surface area contributed by atoms with Crippen LogP contribution in [0.25, 0.3) is 0 Å². The fourth-order valence-corrected chi connectivity index (χ4v) is 2.07. The van der Waals surface area contributed by atoms with E-state index in [-0.39, 0.29) is 11.9 Å². The SMILES string of the molecule is CCCC(CC)CCC(=O)NC(C)(C)C(=O)OCC. The van der Waals surface area contributed by atoms with Gasteiger partial charge in [0.25, 0.3) is 0 Å². The fourth-order valence-electron chi connectivity index (χ4n) is 2.07. The molecule has 1 unspecified atom stereocenters. The second-order valence-corrected chi connectivity index (χ2v) is 5.50. The van der Waals surface area contributed by atoms with E-state index < -0.39 is 5.54 Å². The molecule has 112 valence electrons. The zero-order valence-electron chi connectivity index (χ0n) is 13.0. The Hall–Kier alpha value is -1.06. The normalized spacial score (nSPS) is 12.9. The van der Waals surface area contributed by atoms with E-state index in [1.54, 1.807) is 20.8 Å². The Balaban J connectivity index is 4.19. The van der Waals surface area contributed by atoms with Gasteiger partial charge in [0.2, 0.25) is 5.91 Å². The van der Waals surface area contributed by atoms with Crippen LogP contribution >= 0.6 is 0 Å². The number of amides is 1. The Morgan fingerprint density at radius 2 is 1.79 bits per heavy atom. The van der Waals surface area contributed by atoms with E-state index in [9.17, 15) is 9.59 Å². The Morgan fingerprint density at radius 3 is 2.26 bits per heavy atom. The lowest BCUT2D eigenvalue weighted by atomic mass is 9.95. The molecule has 0 aliphatic carbocycles. The summed E-state index contributed by atoms with van der Waals surface area (Å²) in [6, 6.07) is 0. The van der Waals surface area contributed by atoms with Gasteiger partial charge in [-0.25, -0.2) is 4.79 Å². The van der Waals surface area contributed by atoms with Gasteiger partial charge in [0.15, 0.2) is 0 Å². The van der Waals surface area contributed by atoms with Crippen molar-refractivity contribution in [3.63, 3.8) is 0 Å². The number of esters is 1. The summed E-state index contributed by atoms with van der Waals surface area (Å²) in [4.78, 5) is 23.5. The molecule has 1 amide bonds. The summed E-state index contributed by atoms with van der Waals surface area (Å²) in [5.41, 5.74) is -0.945. The van der Waals surface area contributed by atoms with Gasteiger partial charge >= 0.3 is 5.97 Å². The first-order valence-corrected chi connectivity index (χ1v) is 7.35. The van der Waals surface area contributed by atoms with Crippen molar-refractivity contribution >= 4 is 11.9 Å². The molecule has 0 rings (SSSR count). The molecular formula is C15H29NO3. The van der Waals surface area contributed by atoms with Gasteiger partial charge in [-0.3, -0.25) is 4.79 Å². The van der Waals surface area contributed by atoms with Crippen LogP contribution in [0.2, 0.25) is 0 Å². The number of carbonyl (C=O) groups excluding carboxylic acids is 2. The van der Waals surface area contributed by atoms with E-state index in [2.05, 4.69) is 19.2 Å². The zero-order valence-corrected chi connectivity index (χ0v) is 13.0. The predicted octanol–water partition coefficient (Wildman–Crippen LogP) is 3.05. The van der Waals surface area contributed by atoms with E-state index in [0.717, 1.165) is 25.7 Å². The predicted molar refractivity (Wildman–Crippen MR) is 76.8 cm³/mol. The molecule has 0 radical (unpaired) electrons. The largest absolute Gasteiger partial charge is 0.464 e. The first-order chi connectivity index (χ1) is 8.87. The second-order valence-electron chi connectivity index (χ2n) is 5.50. The molecule has 1 atom stereocenters. The molecule has 0 saturated carbocycles. The second kappa shape index (κ2) is 8.94. The summed E-state index contributed by atoms with van der Waals surface area (Å²) >= 11 is 0. The molecule has 0 spiro atoms. The number of hydrogen-bond acceptors (Lipinski definition) is 3. The minimum absolute atomic E-state index is 0.0763. The number of nitrogens with one attached hydrogen (secondary N) is 1. The van der Waals surface area contributed by atoms with Crippen molar-refractivity contribution in [2.45, 2.75) is 72.3 Å². The van der Waals surface area contributed by atoms with Gasteiger partial charge in [-0.05, 0) is 33.1 Å². The van der Waals surface area contributed by atoms with Crippen molar-refractivity contribution in [3.05, 3.63) is 0 Å². The molecule has 0 fully saturated rings. The van der Waals surface area contributed by atoms with E-state index in [1.807, 2.05) is 0 Å². The quantitative estimate of drug-likeness (QED) is 0.656. The lowest BCUT2D eigenvalue weighted by molar-refractivity contribution is -0.151. The summed E-state index contributed by atoms with van der Waals surface area (Å²) in [7, 11) is 0. The van der Waals surface area contributed by atoms with Crippen LogP contribution in [0.15, 0.2) is 0 Å². The molecule has 0 aromatic heterocycles. The van der Waals surface area contributed by atoms with Gasteiger partial charge in [-0.1, -0.05) is 33.1 Å². The average molecular weight is 271 g/mol. The first-order valence-electron chi connectivity index (χ1n) is 7.35. The highest BCUT2D eigenvalue weighted by atomic mass is 16.5. The monoisotopic (exact) mass is 271 g/mol. The molecule has 4 nitrogen and oxygen atoms in total. The smallest absolute Gasteiger partial charge is 0.331 e. The first kappa shape index (κ1) is 17.9. The van der Waals surface area contributed by atoms with Crippen LogP contribution in [0.3, 0.4) is 0 Å². The molecule has 0 bridgehead atoms. The van der Waals surface area contributed by atoms with Crippen LogP contribution in [0.5, 0.6) is 0 Å². The molecule has 1 N–H and O–H groups in total. The molecule has 19 heavy (non-hydrogen) atoms. The molecule has 0 saturated heterocycles. The topological polar surface area (TPSA) is 55.4 Å². The van der Waals surface area contributed by atoms with Crippen LogP contribution < -0.4 is 5.32 Å². The summed E-state index contributed by atoms with van der Waals surface area (Å²) in [6.45, 7) is 9.74. The Kier molecular flexibility index (Phi) is 8.44. The van der Waals surface area contributed by atoms with Crippen molar-refractivity contribution < 1.29 is 14.3 Å². The lowest BCUT2D eigenvalue weighted by Gasteiger charge is -2.24. The molecule has 0 aromatic carbocycles. The van der Waals surface area contributed by atoms with E-state index >= 15 is 0 Å². The minimum Gasteiger partial charge on any atom is -0.464 e. The lowest BCUT2D eigenvalue weighted by Crippen LogP contribution is -2.50. The van der Waals surface area contributed by atoms with E-state index in [1.165, 1.54) is 0 Å². The summed E-state index contributed by atoms with van der Waals surface area (Å²) in [6.07, 6.45) is 4.76. The van der Waals surface area contributed by atoms with Crippen LogP contribution in [-0.4, -0.2) is 24.0 Å². The van der Waals surface area contributed by atoms with Crippen LogP contribution in [0.1, 0.15) is 66.7 Å². The highest BCUT2D eigenvalue weighted by Crippen LogP contribution is 2.17. The number of hydrogen-bond donors (Lipinski definition) is 1. The summed E-state index contributed by atoms with van der Waals surface area (Å²) in [5.74, 6) is 0.137. The van der Waals surface area contributed by atoms with Gasteiger partial charge in [-0.15, -0.1) is 0 Å². The third kappa shape index (κ3) is 7.19. The van der Waals surface area contributed by atoms with Gasteiger partial charge < -0.3 is 10.1 Å². The highest BCUT2D eigenvalue weighted by molar-refractivity contribution is 5.87. The summed E-state index contributed by atoms with van der Waals surface area (Å²) in [5, 5.41) is 2.75. The van der Waals surface area contributed by atoms with E-state index in [0.29, 0.717) is 18.9 Å². The Labute approximate surface area is 117 Å². The minimum atomic E-state index is -0.945. The van der Waals surface area contributed by atoms with Crippen molar-refractivity contribution in [1.29, 1.82) is 0 Å². The number of carbonyl (C=O) groups is 2. The van der Waals surface area contributed by atoms with Crippen LogP contribution in [-0.2, 0) is 14.3 Å². The van der Waals surface area contributed by atoms with Gasteiger partial charge in [0.05, 0.1) is 6.61 Å². The zero-order chi connectivity index (χ0) is 14.9. The molecule has 0 heterocycles. The van der Waals surface area contributed by atoms with E-state index in [4.69, 9.17) is 4.74 Å². The molecule has 4 heteroatoms. The maximum atomic E-state index is 11.9. The molecular weight excluding hydrogens is 242 g/mol. The van der Waals surface area contributed by atoms with Crippen molar-refractivity contribution in [1.82, 2.24) is 5.32 Å². The highest BCUT2D eigenvalue weighted by Gasteiger charge is 2.30. The summed E-state index contributed by atoms with van der Waals surface area (Å²) < 4.78 is 4.94. The van der Waals surface area contributed by atoms with Crippen molar-refractivity contribution in [3.8, 4) is 0 Å². The van der Waals surface area contributed by atoms with Gasteiger partial charge in [0.1, 0.15) is 5.54 Å². The Bertz CT molecular complexity index is 287. The maximum Gasteiger partial charge on any atom is 0.331 e. The molecule has 0 aromatic rings. The van der Waals surface area contributed by atoms with Gasteiger partial charge in [-0.2, -0.15) is 0 Å². The molecule has 0 aliphatic heterocycles. The van der Waals surface area contributed by atoms with Crippen molar-refractivity contribution in [2.24, 2.45) is 5.92 Å². The standard InChI is InChI=1S/C15H29NO3/c1-6-9-12(7-2)10-11-13(17)16-15(4,5)14(18)19-8-3/h12H,6-11H2,1-5H3,(H,16,17). The van der Waals surface area contributed by atoms with Gasteiger partial charge in [0, 0.05) is 6.42 Å². The average Bonchev–Trinajstić information content (AvgIpc) is 2.34.